The number of carbonyl (C=O) groups is 1. The van der Waals surface area contributed by atoms with E-state index >= 15 is 0 Å². The molecule has 1 aromatic heterocycles. The minimum absolute atomic E-state index is 0.0660. The molecule has 0 fully saturated rings. The minimum Gasteiger partial charge on any atom is -0.303 e. The van der Waals surface area contributed by atoms with Gasteiger partial charge in [-0.2, -0.15) is 0 Å². The molecule has 0 radical (unpaired) electrons. The normalized spacial score (nSPS) is 12.3. The molecule has 1 aromatic carbocycles. The predicted octanol–water partition coefficient (Wildman–Crippen LogP) is 1.87. The summed E-state index contributed by atoms with van der Waals surface area (Å²) in [5.41, 5.74) is 1.88. The highest BCUT2D eigenvalue weighted by atomic mass is 16.1. The number of aldehydes is 1. The zero-order chi connectivity index (χ0) is 13.1. The number of nitrogens with zero attached hydrogens (tertiary/aromatic N) is 2. The van der Waals surface area contributed by atoms with Gasteiger partial charge in [0.2, 0.25) is 0 Å². The Morgan fingerprint density at radius 2 is 1.89 bits per heavy atom. The molecule has 0 amide bonds. The lowest BCUT2D eigenvalue weighted by atomic mass is 9.98. The summed E-state index contributed by atoms with van der Waals surface area (Å²) < 4.78 is 3.12. The molecular weight excluding hydrogens is 228 g/mol. The molecule has 1 atom stereocenters. The van der Waals surface area contributed by atoms with Crippen molar-refractivity contribution in [1.82, 2.24) is 9.13 Å². The van der Waals surface area contributed by atoms with Gasteiger partial charge in [-0.3, -0.25) is 4.57 Å². The Labute approximate surface area is 105 Å². The van der Waals surface area contributed by atoms with Crippen LogP contribution in [0, 0.1) is 0 Å². The maximum atomic E-state index is 11.8. The number of imidazole rings is 1. The Kier molecular flexibility index (Phi) is 3.46. The maximum absolute atomic E-state index is 11.8. The largest absolute Gasteiger partial charge is 0.332 e. The Bertz CT molecular complexity index is 593. The summed E-state index contributed by atoms with van der Waals surface area (Å²) in [4.78, 5) is 22.2. The van der Waals surface area contributed by atoms with Gasteiger partial charge in [-0.15, -0.1) is 0 Å². The van der Waals surface area contributed by atoms with Gasteiger partial charge in [0.05, 0.1) is 5.69 Å². The number of aromatic nitrogens is 2. The van der Waals surface area contributed by atoms with Gasteiger partial charge in [0.1, 0.15) is 6.29 Å². The third kappa shape index (κ3) is 2.27. The number of hydrogen-bond donors (Lipinski definition) is 0. The smallest absolute Gasteiger partial charge is 0.303 e. The van der Waals surface area contributed by atoms with Crippen LogP contribution in [0.5, 0.6) is 0 Å². The molecule has 1 heterocycles. The van der Waals surface area contributed by atoms with E-state index in [1.54, 1.807) is 24.0 Å². The van der Waals surface area contributed by atoms with E-state index < -0.39 is 0 Å². The van der Waals surface area contributed by atoms with Crippen molar-refractivity contribution in [3.8, 4) is 5.69 Å². The summed E-state index contributed by atoms with van der Waals surface area (Å²) in [7, 11) is 1.72. The Morgan fingerprint density at radius 1 is 1.22 bits per heavy atom. The van der Waals surface area contributed by atoms with Crippen molar-refractivity contribution >= 4 is 6.29 Å². The van der Waals surface area contributed by atoms with Crippen molar-refractivity contribution in [2.75, 3.05) is 0 Å². The molecule has 0 aliphatic heterocycles. The molecule has 94 valence electrons. The molecule has 18 heavy (non-hydrogen) atoms. The number of aryl methyl sites for hydroxylation is 1. The van der Waals surface area contributed by atoms with Crippen molar-refractivity contribution in [2.24, 2.45) is 7.05 Å². The topological polar surface area (TPSA) is 44.0 Å². The summed E-state index contributed by atoms with van der Waals surface area (Å²) >= 11 is 0. The van der Waals surface area contributed by atoms with Crippen molar-refractivity contribution < 1.29 is 4.79 Å². The number of rotatable bonds is 4. The van der Waals surface area contributed by atoms with E-state index in [0.717, 1.165) is 17.5 Å². The average Bonchev–Trinajstić information content (AvgIpc) is 2.71. The molecule has 1 unspecified atom stereocenters. The Balaban J connectivity index is 2.30. The van der Waals surface area contributed by atoms with Crippen molar-refractivity contribution in [1.29, 1.82) is 0 Å². The van der Waals surface area contributed by atoms with Crippen LogP contribution in [0.4, 0.5) is 0 Å². The van der Waals surface area contributed by atoms with Gasteiger partial charge in [0, 0.05) is 25.9 Å². The molecule has 2 rings (SSSR count). The van der Waals surface area contributed by atoms with Gasteiger partial charge >= 0.3 is 5.69 Å². The quantitative estimate of drug-likeness (QED) is 0.771. The standard InChI is InChI=1S/C14H16N2O2/c1-11(7-10-17)12-3-5-13(6-4-12)16-9-8-15(2)14(16)18/h3-6,8-11H,7H2,1-2H3. The molecule has 0 aliphatic rings. The van der Waals surface area contributed by atoms with Crippen molar-refractivity contribution in [2.45, 2.75) is 19.3 Å². The van der Waals surface area contributed by atoms with Crippen molar-refractivity contribution in [3.05, 3.63) is 52.7 Å². The van der Waals surface area contributed by atoms with Crippen LogP contribution < -0.4 is 5.69 Å². The zero-order valence-electron chi connectivity index (χ0n) is 10.5. The lowest BCUT2D eigenvalue weighted by molar-refractivity contribution is -0.108. The van der Waals surface area contributed by atoms with E-state index in [2.05, 4.69) is 0 Å². The molecule has 0 bridgehead atoms. The Hall–Kier alpha value is -2.10. The van der Waals surface area contributed by atoms with Gasteiger partial charge in [0.15, 0.2) is 0 Å². The summed E-state index contributed by atoms with van der Waals surface area (Å²) in [5, 5.41) is 0. The van der Waals surface area contributed by atoms with Crippen molar-refractivity contribution in [3.63, 3.8) is 0 Å². The third-order valence-electron chi connectivity index (χ3n) is 3.14. The SMILES string of the molecule is CC(CC=O)c1ccc(-n2ccn(C)c2=O)cc1. The summed E-state index contributed by atoms with van der Waals surface area (Å²) in [6.07, 6.45) is 4.92. The fraction of sp³-hybridized carbons (Fsp3) is 0.286. The van der Waals surface area contributed by atoms with Gasteiger partial charge in [-0.1, -0.05) is 19.1 Å². The molecular formula is C14H16N2O2. The molecule has 0 aliphatic carbocycles. The van der Waals surface area contributed by atoms with E-state index in [4.69, 9.17) is 0 Å². The number of benzene rings is 1. The summed E-state index contributed by atoms with van der Waals surface area (Å²) in [5.74, 6) is 0.212. The summed E-state index contributed by atoms with van der Waals surface area (Å²) in [6.45, 7) is 2.01. The molecule has 4 nitrogen and oxygen atoms in total. The first kappa shape index (κ1) is 12.4. The Morgan fingerprint density at radius 3 is 2.39 bits per heavy atom. The second-order valence-electron chi connectivity index (χ2n) is 4.46. The minimum atomic E-state index is -0.0660. The zero-order valence-corrected chi connectivity index (χ0v) is 10.5. The maximum Gasteiger partial charge on any atom is 0.332 e. The summed E-state index contributed by atoms with van der Waals surface area (Å²) in [6, 6.07) is 7.72. The first-order valence-corrected chi connectivity index (χ1v) is 5.91. The van der Waals surface area contributed by atoms with Gasteiger partial charge in [-0.05, 0) is 23.6 Å². The molecule has 0 N–H and O–H groups in total. The van der Waals surface area contributed by atoms with E-state index in [0.29, 0.717) is 6.42 Å². The highest BCUT2D eigenvalue weighted by molar-refractivity contribution is 5.51. The molecule has 2 aromatic rings. The van der Waals surface area contributed by atoms with Crippen LogP contribution in [-0.2, 0) is 11.8 Å². The fourth-order valence-electron chi connectivity index (χ4n) is 1.90. The van der Waals surface area contributed by atoms with Gasteiger partial charge < -0.3 is 9.36 Å². The first-order chi connectivity index (χ1) is 8.63. The molecule has 0 saturated carbocycles. The second-order valence-corrected chi connectivity index (χ2v) is 4.46. The van der Waals surface area contributed by atoms with Crippen LogP contribution in [-0.4, -0.2) is 15.4 Å². The number of carbonyl (C=O) groups excluding carboxylic acids is 1. The third-order valence-corrected chi connectivity index (χ3v) is 3.14. The van der Waals surface area contributed by atoms with Crippen LogP contribution >= 0.6 is 0 Å². The first-order valence-electron chi connectivity index (χ1n) is 5.91. The van der Waals surface area contributed by atoms with Gasteiger partial charge in [-0.25, -0.2) is 4.79 Å². The lowest BCUT2D eigenvalue weighted by Crippen LogP contribution is -2.20. The van der Waals surface area contributed by atoms with Crippen LogP contribution in [0.1, 0.15) is 24.8 Å². The van der Waals surface area contributed by atoms with Crippen LogP contribution in [0.25, 0.3) is 5.69 Å². The van der Waals surface area contributed by atoms with Crippen LogP contribution in [0.2, 0.25) is 0 Å². The van der Waals surface area contributed by atoms with E-state index in [1.165, 1.54) is 4.57 Å². The average molecular weight is 244 g/mol. The van der Waals surface area contributed by atoms with Crippen LogP contribution in [0.15, 0.2) is 41.5 Å². The molecule has 4 heteroatoms. The van der Waals surface area contributed by atoms with E-state index in [1.807, 2.05) is 31.2 Å². The second kappa shape index (κ2) is 5.04. The van der Waals surface area contributed by atoms with E-state index in [9.17, 15) is 9.59 Å². The monoisotopic (exact) mass is 244 g/mol. The molecule has 0 saturated heterocycles. The van der Waals surface area contributed by atoms with E-state index in [-0.39, 0.29) is 11.6 Å². The predicted molar refractivity (Wildman–Crippen MR) is 70.1 cm³/mol. The van der Waals surface area contributed by atoms with Gasteiger partial charge in [0.25, 0.3) is 0 Å². The lowest BCUT2D eigenvalue weighted by Gasteiger charge is -2.09. The number of hydrogen-bond acceptors (Lipinski definition) is 2. The van der Waals surface area contributed by atoms with Crippen LogP contribution in [0.3, 0.4) is 0 Å². The fourth-order valence-corrected chi connectivity index (χ4v) is 1.90. The highest BCUT2D eigenvalue weighted by Gasteiger charge is 2.06. The molecule has 0 spiro atoms. The highest BCUT2D eigenvalue weighted by Crippen LogP contribution is 2.19.